The third kappa shape index (κ3) is 3.74. The van der Waals surface area contributed by atoms with Crippen LogP contribution in [0.15, 0.2) is 42.5 Å². The molecule has 0 radical (unpaired) electrons. The SMILES string of the molecule is CCCOc1ccccc1C(NC)c1ccc(Cl)cc1F. The van der Waals surface area contributed by atoms with Gasteiger partial charge in [-0.15, -0.1) is 0 Å². The molecule has 0 saturated heterocycles. The summed E-state index contributed by atoms with van der Waals surface area (Å²) in [5, 5.41) is 3.54. The quantitative estimate of drug-likeness (QED) is 0.843. The number of ether oxygens (including phenoxy) is 1. The van der Waals surface area contributed by atoms with E-state index in [0.717, 1.165) is 17.7 Å². The molecule has 1 N–H and O–H groups in total. The molecule has 21 heavy (non-hydrogen) atoms. The summed E-state index contributed by atoms with van der Waals surface area (Å²) >= 11 is 5.83. The summed E-state index contributed by atoms with van der Waals surface area (Å²) in [7, 11) is 1.80. The molecule has 0 heterocycles. The van der Waals surface area contributed by atoms with Crippen molar-refractivity contribution >= 4 is 11.6 Å². The smallest absolute Gasteiger partial charge is 0.129 e. The van der Waals surface area contributed by atoms with Crippen molar-refractivity contribution in [3.05, 3.63) is 64.4 Å². The maximum atomic E-state index is 14.2. The molecule has 1 unspecified atom stereocenters. The zero-order valence-corrected chi connectivity index (χ0v) is 13.0. The first-order valence-corrected chi connectivity index (χ1v) is 7.39. The summed E-state index contributed by atoms with van der Waals surface area (Å²) in [6, 6.07) is 12.1. The molecule has 112 valence electrons. The third-order valence-electron chi connectivity index (χ3n) is 3.25. The van der Waals surface area contributed by atoms with E-state index < -0.39 is 0 Å². The molecule has 0 aliphatic carbocycles. The summed E-state index contributed by atoms with van der Waals surface area (Å²) in [6.45, 7) is 2.69. The number of rotatable bonds is 6. The number of benzene rings is 2. The first-order chi connectivity index (χ1) is 10.2. The fraction of sp³-hybridized carbons (Fsp3) is 0.294. The van der Waals surface area contributed by atoms with Gasteiger partial charge in [0, 0.05) is 16.1 Å². The highest BCUT2D eigenvalue weighted by atomic mass is 35.5. The van der Waals surface area contributed by atoms with Crippen molar-refractivity contribution in [2.45, 2.75) is 19.4 Å². The average molecular weight is 308 g/mol. The highest BCUT2D eigenvalue weighted by Gasteiger charge is 2.19. The molecule has 0 aliphatic rings. The second-order valence-corrected chi connectivity index (χ2v) is 5.21. The molecule has 2 aromatic carbocycles. The second-order valence-electron chi connectivity index (χ2n) is 4.77. The zero-order chi connectivity index (χ0) is 15.2. The first kappa shape index (κ1) is 15.8. The lowest BCUT2D eigenvalue weighted by molar-refractivity contribution is 0.312. The van der Waals surface area contributed by atoms with Crippen molar-refractivity contribution in [3.63, 3.8) is 0 Å². The molecule has 2 rings (SSSR count). The highest BCUT2D eigenvalue weighted by molar-refractivity contribution is 6.30. The molecule has 0 bridgehead atoms. The first-order valence-electron chi connectivity index (χ1n) is 7.01. The molecule has 2 aromatic rings. The van der Waals surface area contributed by atoms with Gasteiger partial charge in [-0.1, -0.05) is 42.8 Å². The van der Waals surface area contributed by atoms with Crippen LogP contribution in [0.1, 0.15) is 30.5 Å². The monoisotopic (exact) mass is 307 g/mol. The second kappa shape index (κ2) is 7.43. The Labute approximate surface area is 129 Å². The topological polar surface area (TPSA) is 21.3 Å². The summed E-state index contributed by atoms with van der Waals surface area (Å²) in [5.74, 6) is 0.445. The van der Waals surface area contributed by atoms with E-state index in [1.54, 1.807) is 19.2 Å². The van der Waals surface area contributed by atoms with Gasteiger partial charge in [-0.05, 0) is 31.7 Å². The number of para-hydroxylation sites is 1. The maximum Gasteiger partial charge on any atom is 0.129 e. The third-order valence-corrected chi connectivity index (χ3v) is 3.49. The van der Waals surface area contributed by atoms with E-state index in [4.69, 9.17) is 16.3 Å². The Bertz CT molecular complexity index is 603. The van der Waals surface area contributed by atoms with Gasteiger partial charge in [0.05, 0.1) is 12.6 Å². The van der Waals surface area contributed by atoms with Crippen LogP contribution < -0.4 is 10.1 Å². The molecule has 2 nitrogen and oxygen atoms in total. The Morgan fingerprint density at radius 1 is 1.19 bits per heavy atom. The van der Waals surface area contributed by atoms with Gasteiger partial charge >= 0.3 is 0 Å². The molecular formula is C17H19ClFNO. The molecule has 0 aliphatic heterocycles. The number of halogens is 2. The minimum absolute atomic E-state index is 0.282. The Balaban J connectivity index is 2.41. The van der Waals surface area contributed by atoms with E-state index in [9.17, 15) is 4.39 Å². The lowest BCUT2D eigenvalue weighted by atomic mass is 9.97. The van der Waals surface area contributed by atoms with Crippen molar-refractivity contribution in [1.29, 1.82) is 0 Å². The van der Waals surface area contributed by atoms with Gasteiger partial charge in [-0.3, -0.25) is 0 Å². The lowest BCUT2D eigenvalue weighted by Crippen LogP contribution is -2.20. The van der Waals surface area contributed by atoms with Gasteiger partial charge in [-0.2, -0.15) is 0 Å². The fourth-order valence-corrected chi connectivity index (χ4v) is 2.44. The zero-order valence-electron chi connectivity index (χ0n) is 12.2. The molecule has 0 spiro atoms. The van der Waals surface area contributed by atoms with Gasteiger partial charge in [0.25, 0.3) is 0 Å². The van der Waals surface area contributed by atoms with Crippen LogP contribution in [0, 0.1) is 5.82 Å². The minimum atomic E-state index is -0.327. The normalized spacial score (nSPS) is 12.2. The molecule has 0 saturated carbocycles. The number of nitrogens with one attached hydrogen (secondary N) is 1. The molecule has 0 amide bonds. The van der Waals surface area contributed by atoms with E-state index >= 15 is 0 Å². The molecular weight excluding hydrogens is 289 g/mol. The predicted molar refractivity (Wildman–Crippen MR) is 84.5 cm³/mol. The molecule has 0 fully saturated rings. The molecule has 4 heteroatoms. The van der Waals surface area contributed by atoms with Crippen LogP contribution in [0.5, 0.6) is 5.75 Å². The van der Waals surface area contributed by atoms with E-state index in [1.807, 2.05) is 24.3 Å². The molecule has 1 atom stereocenters. The fourth-order valence-electron chi connectivity index (χ4n) is 2.28. The molecule has 0 aromatic heterocycles. The van der Waals surface area contributed by atoms with Gasteiger partial charge in [0.2, 0.25) is 0 Å². The van der Waals surface area contributed by atoms with Gasteiger partial charge in [0.15, 0.2) is 0 Å². The van der Waals surface area contributed by atoms with Crippen LogP contribution in [0.2, 0.25) is 5.02 Å². The lowest BCUT2D eigenvalue weighted by Gasteiger charge is -2.21. The minimum Gasteiger partial charge on any atom is -0.493 e. The van der Waals surface area contributed by atoms with Crippen LogP contribution in [0.3, 0.4) is 0 Å². The van der Waals surface area contributed by atoms with E-state index in [1.165, 1.54) is 6.07 Å². The number of hydrogen-bond donors (Lipinski definition) is 1. The Hall–Kier alpha value is -1.58. The predicted octanol–water partition coefficient (Wildman–Crippen LogP) is 4.58. The van der Waals surface area contributed by atoms with Crippen LogP contribution in [-0.2, 0) is 0 Å². The summed E-state index contributed by atoms with van der Waals surface area (Å²) in [5.41, 5.74) is 1.46. The van der Waals surface area contributed by atoms with Gasteiger partial charge in [-0.25, -0.2) is 4.39 Å². The van der Waals surface area contributed by atoms with E-state index in [-0.39, 0.29) is 11.9 Å². The maximum absolute atomic E-state index is 14.2. The van der Waals surface area contributed by atoms with E-state index in [2.05, 4.69) is 12.2 Å². The van der Waals surface area contributed by atoms with Crippen LogP contribution in [0.25, 0.3) is 0 Å². The van der Waals surface area contributed by atoms with Crippen molar-refractivity contribution < 1.29 is 9.13 Å². The Morgan fingerprint density at radius 3 is 2.62 bits per heavy atom. The van der Waals surface area contributed by atoms with Gasteiger partial charge in [0.1, 0.15) is 11.6 Å². The van der Waals surface area contributed by atoms with Crippen LogP contribution >= 0.6 is 11.6 Å². The van der Waals surface area contributed by atoms with Crippen LogP contribution in [-0.4, -0.2) is 13.7 Å². The van der Waals surface area contributed by atoms with Crippen molar-refractivity contribution in [2.75, 3.05) is 13.7 Å². The van der Waals surface area contributed by atoms with Crippen LogP contribution in [0.4, 0.5) is 4.39 Å². The van der Waals surface area contributed by atoms with Crippen molar-refractivity contribution in [2.24, 2.45) is 0 Å². The summed E-state index contributed by atoms with van der Waals surface area (Å²) in [6.07, 6.45) is 0.924. The Kier molecular flexibility index (Phi) is 5.59. The Morgan fingerprint density at radius 2 is 1.95 bits per heavy atom. The highest BCUT2D eigenvalue weighted by Crippen LogP contribution is 2.32. The van der Waals surface area contributed by atoms with Crippen molar-refractivity contribution in [1.82, 2.24) is 5.32 Å². The van der Waals surface area contributed by atoms with Gasteiger partial charge < -0.3 is 10.1 Å². The average Bonchev–Trinajstić information content (AvgIpc) is 2.49. The number of hydrogen-bond acceptors (Lipinski definition) is 2. The van der Waals surface area contributed by atoms with Crippen molar-refractivity contribution in [3.8, 4) is 5.75 Å². The summed E-state index contributed by atoms with van der Waals surface area (Å²) in [4.78, 5) is 0. The standard InChI is InChI=1S/C17H19ClFNO/c1-3-10-21-16-7-5-4-6-14(16)17(20-2)13-9-8-12(18)11-15(13)19/h4-9,11,17,20H,3,10H2,1-2H3. The largest absolute Gasteiger partial charge is 0.493 e. The summed E-state index contributed by atoms with van der Waals surface area (Å²) < 4.78 is 20.0. The van der Waals surface area contributed by atoms with E-state index in [0.29, 0.717) is 17.2 Å².